The molecular weight excluding hydrogens is 220 g/mol. The van der Waals surface area contributed by atoms with Crippen molar-refractivity contribution < 1.29 is 0 Å². The highest BCUT2D eigenvalue weighted by Gasteiger charge is 2.23. The number of nitrogens with one attached hydrogen (secondary N) is 1. The average Bonchev–Trinajstić information content (AvgIpc) is 2.31. The lowest BCUT2D eigenvalue weighted by molar-refractivity contribution is 0.123. The molecule has 0 amide bonds. The smallest absolute Gasteiger partial charge is 0.0220 e. The van der Waals surface area contributed by atoms with Gasteiger partial charge in [0, 0.05) is 19.1 Å². The van der Waals surface area contributed by atoms with Crippen molar-refractivity contribution in [2.75, 3.05) is 26.2 Å². The first-order valence-electron chi connectivity index (χ1n) is 8.08. The molecule has 1 aliphatic heterocycles. The van der Waals surface area contributed by atoms with E-state index in [1.54, 1.807) is 0 Å². The quantitative estimate of drug-likeness (QED) is 0.713. The minimum atomic E-state index is 0.765. The van der Waals surface area contributed by atoms with Gasteiger partial charge in [0.15, 0.2) is 0 Å². The van der Waals surface area contributed by atoms with E-state index in [0.717, 1.165) is 24.4 Å². The van der Waals surface area contributed by atoms with Crippen molar-refractivity contribution >= 4 is 0 Å². The van der Waals surface area contributed by atoms with Crippen molar-refractivity contribution in [3.8, 4) is 0 Å². The maximum Gasteiger partial charge on any atom is 0.0220 e. The van der Waals surface area contributed by atoms with Gasteiger partial charge in [0.2, 0.25) is 0 Å². The third-order valence-corrected chi connectivity index (χ3v) is 4.01. The zero-order chi connectivity index (χ0) is 13.4. The predicted molar refractivity (Wildman–Crippen MR) is 81.0 cm³/mol. The van der Waals surface area contributed by atoms with Crippen LogP contribution in [0.2, 0.25) is 0 Å². The Morgan fingerprint density at radius 2 is 2.00 bits per heavy atom. The van der Waals surface area contributed by atoms with E-state index in [1.807, 2.05) is 0 Å². The third-order valence-electron chi connectivity index (χ3n) is 4.01. The molecule has 1 rings (SSSR count). The average molecular weight is 254 g/mol. The number of nitrogens with zero attached hydrogens (tertiary/aromatic N) is 1. The fraction of sp³-hybridized carbons (Fsp3) is 1.00. The van der Waals surface area contributed by atoms with E-state index in [1.165, 1.54) is 51.7 Å². The molecule has 2 heteroatoms. The van der Waals surface area contributed by atoms with Gasteiger partial charge in [-0.3, -0.25) is 4.90 Å². The highest BCUT2D eigenvalue weighted by molar-refractivity contribution is 4.80. The topological polar surface area (TPSA) is 15.3 Å². The zero-order valence-corrected chi connectivity index (χ0v) is 13.0. The lowest BCUT2D eigenvalue weighted by Gasteiger charge is -2.37. The van der Waals surface area contributed by atoms with E-state index in [-0.39, 0.29) is 0 Å². The number of piperidine rings is 1. The van der Waals surface area contributed by atoms with Crippen LogP contribution in [0.3, 0.4) is 0 Å². The summed E-state index contributed by atoms with van der Waals surface area (Å²) < 4.78 is 0. The molecular formula is C16H34N2. The van der Waals surface area contributed by atoms with Crippen LogP contribution in [0.25, 0.3) is 0 Å². The second-order valence-corrected chi connectivity index (χ2v) is 6.59. The highest BCUT2D eigenvalue weighted by atomic mass is 15.2. The van der Waals surface area contributed by atoms with E-state index >= 15 is 0 Å². The molecule has 0 bridgehead atoms. The van der Waals surface area contributed by atoms with E-state index < -0.39 is 0 Å². The molecule has 0 saturated carbocycles. The summed E-state index contributed by atoms with van der Waals surface area (Å²) in [6.45, 7) is 14.3. The van der Waals surface area contributed by atoms with Crippen molar-refractivity contribution in [1.82, 2.24) is 10.2 Å². The van der Waals surface area contributed by atoms with Crippen LogP contribution in [0.5, 0.6) is 0 Å². The molecule has 1 heterocycles. The first kappa shape index (κ1) is 16.0. The SMILES string of the molecule is CCCC(C)CN1CCCCC1CNCC(C)C. The van der Waals surface area contributed by atoms with Gasteiger partial charge in [-0.1, -0.05) is 40.5 Å². The monoisotopic (exact) mass is 254 g/mol. The summed E-state index contributed by atoms with van der Waals surface area (Å²) in [7, 11) is 0. The molecule has 0 aromatic heterocycles. The van der Waals surface area contributed by atoms with Crippen LogP contribution in [-0.4, -0.2) is 37.1 Å². The van der Waals surface area contributed by atoms with Crippen LogP contribution in [0, 0.1) is 11.8 Å². The van der Waals surface area contributed by atoms with Gasteiger partial charge in [0.1, 0.15) is 0 Å². The number of likely N-dealkylation sites (tertiary alicyclic amines) is 1. The molecule has 1 aliphatic rings. The molecule has 1 N–H and O–H groups in total. The molecule has 0 radical (unpaired) electrons. The van der Waals surface area contributed by atoms with Crippen LogP contribution >= 0.6 is 0 Å². The van der Waals surface area contributed by atoms with Gasteiger partial charge >= 0.3 is 0 Å². The van der Waals surface area contributed by atoms with Crippen molar-refractivity contribution in [3.63, 3.8) is 0 Å². The predicted octanol–water partition coefficient (Wildman–Crippen LogP) is 3.52. The summed E-state index contributed by atoms with van der Waals surface area (Å²) in [5, 5.41) is 3.65. The second-order valence-electron chi connectivity index (χ2n) is 6.59. The Kier molecular flexibility index (Phi) is 7.92. The summed E-state index contributed by atoms with van der Waals surface area (Å²) >= 11 is 0. The minimum Gasteiger partial charge on any atom is -0.315 e. The summed E-state index contributed by atoms with van der Waals surface area (Å²) in [5.74, 6) is 1.63. The van der Waals surface area contributed by atoms with Crippen LogP contribution in [0.15, 0.2) is 0 Å². The van der Waals surface area contributed by atoms with E-state index in [9.17, 15) is 0 Å². The maximum atomic E-state index is 3.65. The van der Waals surface area contributed by atoms with Gasteiger partial charge in [-0.15, -0.1) is 0 Å². The summed E-state index contributed by atoms with van der Waals surface area (Å²) in [6.07, 6.45) is 6.92. The molecule has 1 fully saturated rings. The lowest BCUT2D eigenvalue weighted by atomic mass is 9.98. The second kappa shape index (κ2) is 8.92. The lowest BCUT2D eigenvalue weighted by Crippen LogP contribution is -2.47. The Labute approximate surface area is 115 Å². The van der Waals surface area contributed by atoms with E-state index in [0.29, 0.717) is 0 Å². The molecule has 2 nitrogen and oxygen atoms in total. The Morgan fingerprint density at radius 3 is 2.67 bits per heavy atom. The maximum absolute atomic E-state index is 3.65. The fourth-order valence-corrected chi connectivity index (χ4v) is 3.05. The minimum absolute atomic E-state index is 0.765. The van der Waals surface area contributed by atoms with Gasteiger partial charge in [0.05, 0.1) is 0 Å². The fourth-order valence-electron chi connectivity index (χ4n) is 3.05. The van der Waals surface area contributed by atoms with Crippen molar-refractivity contribution in [2.24, 2.45) is 11.8 Å². The van der Waals surface area contributed by atoms with Gasteiger partial charge in [-0.05, 0) is 44.2 Å². The van der Waals surface area contributed by atoms with E-state index in [2.05, 4.69) is 37.9 Å². The first-order valence-corrected chi connectivity index (χ1v) is 8.08. The standard InChI is InChI=1S/C16H34N2/c1-5-8-15(4)13-18-10-7-6-9-16(18)12-17-11-14(2)3/h14-17H,5-13H2,1-4H3. The van der Waals surface area contributed by atoms with Crippen LogP contribution < -0.4 is 5.32 Å². The first-order chi connectivity index (χ1) is 8.63. The number of hydrogen-bond donors (Lipinski definition) is 1. The Bertz CT molecular complexity index is 203. The highest BCUT2D eigenvalue weighted by Crippen LogP contribution is 2.19. The Balaban J connectivity index is 2.31. The molecule has 18 heavy (non-hydrogen) atoms. The van der Waals surface area contributed by atoms with Gasteiger partial charge in [-0.25, -0.2) is 0 Å². The summed E-state index contributed by atoms with van der Waals surface area (Å²) in [4.78, 5) is 2.75. The van der Waals surface area contributed by atoms with Gasteiger partial charge in [0.25, 0.3) is 0 Å². The summed E-state index contributed by atoms with van der Waals surface area (Å²) in [6, 6.07) is 0.789. The van der Waals surface area contributed by atoms with Gasteiger partial charge in [-0.2, -0.15) is 0 Å². The molecule has 108 valence electrons. The molecule has 1 saturated heterocycles. The van der Waals surface area contributed by atoms with Crippen LogP contribution in [0.1, 0.15) is 59.8 Å². The van der Waals surface area contributed by atoms with Crippen LogP contribution in [-0.2, 0) is 0 Å². The molecule has 0 aliphatic carbocycles. The number of hydrogen-bond acceptors (Lipinski definition) is 2. The normalized spacial score (nSPS) is 23.5. The van der Waals surface area contributed by atoms with Crippen molar-refractivity contribution in [2.45, 2.75) is 65.8 Å². The third kappa shape index (κ3) is 6.19. The van der Waals surface area contributed by atoms with E-state index in [4.69, 9.17) is 0 Å². The van der Waals surface area contributed by atoms with Crippen molar-refractivity contribution in [1.29, 1.82) is 0 Å². The molecule has 0 aromatic carbocycles. The zero-order valence-electron chi connectivity index (χ0n) is 13.0. The molecule has 0 aromatic rings. The largest absolute Gasteiger partial charge is 0.315 e. The Morgan fingerprint density at radius 1 is 1.22 bits per heavy atom. The van der Waals surface area contributed by atoms with Crippen molar-refractivity contribution in [3.05, 3.63) is 0 Å². The summed E-state index contributed by atoms with van der Waals surface area (Å²) in [5.41, 5.74) is 0. The molecule has 2 atom stereocenters. The molecule has 2 unspecified atom stereocenters. The number of rotatable bonds is 8. The van der Waals surface area contributed by atoms with Crippen LogP contribution in [0.4, 0.5) is 0 Å². The Hall–Kier alpha value is -0.0800. The molecule has 0 spiro atoms. The van der Waals surface area contributed by atoms with Gasteiger partial charge < -0.3 is 5.32 Å².